The molecule has 0 aliphatic heterocycles. The largest absolute Gasteiger partial charge is 0.490 e. The summed E-state index contributed by atoms with van der Waals surface area (Å²) < 4.78 is 5.81. The summed E-state index contributed by atoms with van der Waals surface area (Å²) in [6, 6.07) is 9.17. The van der Waals surface area contributed by atoms with Gasteiger partial charge in [-0.25, -0.2) is 0 Å². The van der Waals surface area contributed by atoms with Gasteiger partial charge in [0.25, 0.3) is 0 Å². The maximum atomic E-state index is 5.81. The Hall–Kier alpha value is -1.02. The molecule has 1 saturated carbocycles. The normalized spacial score (nSPS) is 16.6. The van der Waals surface area contributed by atoms with Crippen LogP contribution in [-0.4, -0.2) is 12.6 Å². The highest BCUT2D eigenvalue weighted by molar-refractivity contribution is 5.30. The highest BCUT2D eigenvalue weighted by Crippen LogP contribution is 2.30. The van der Waals surface area contributed by atoms with Crippen molar-refractivity contribution in [3.63, 3.8) is 0 Å². The minimum absolute atomic E-state index is 0.468. The Labute approximate surface area is 117 Å². The van der Waals surface area contributed by atoms with Crippen LogP contribution in [0, 0.1) is 5.92 Å². The molecule has 19 heavy (non-hydrogen) atoms. The average molecular weight is 261 g/mol. The molecular weight excluding hydrogens is 234 g/mol. The molecule has 0 bridgehead atoms. The van der Waals surface area contributed by atoms with E-state index < -0.39 is 0 Å². The number of ether oxygens (including phenoxy) is 1. The van der Waals surface area contributed by atoms with Crippen LogP contribution < -0.4 is 10.1 Å². The van der Waals surface area contributed by atoms with Crippen LogP contribution in [0.5, 0.6) is 5.75 Å². The van der Waals surface area contributed by atoms with Crippen LogP contribution in [0.25, 0.3) is 0 Å². The van der Waals surface area contributed by atoms with Gasteiger partial charge in [0, 0.05) is 6.04 Å². The van der Waals surface area contributed by atoms with Crippen molar-refractivity contribution in [1.82, 2.24) is 5.32 Å². The molecule has 0 amide bonds. The van der Waals surface area contributed by atoms with E-state index in [1.807, 2.05) is 0 Å². The molecule has 1 atom stereocenters. The predicted molar refractivity (Wildman–Crippen MR) is 80.6 cm³/mol. The van der Waals surface area contributed by atoms with Gasteiger partial charge < -0.3 is 10.1 Å². The first-order valence-corrected chi connectivity index (χ1v) is 7.78. The molecule has 0 heterocycles. The first kappa shape index (κ1) is 14.4. The molecule has 1 unspecified atom stereocenters. The van der Waals surface area contributed by atoms with Gasteiger partial charge in [0.05, 0.1) is 6.10 Å². The standard InChI is InChI=1S/C17H27NO/c1-4-13(5-2)17(18-6-3)14-7-9-15(10-8-14)19-16-11-12-16/h7-10,13,16-18H,4-6,11-12H2,1-3H3. The molecule has 1 aromatic carbocycles. The van der Waals surface area contributed by atoms with E-state index in [1.54, 1.807) is 0 Å². The molecule has 106 valence electrons. The van der Waals surface area contributed by atoms with E-state index >= 15 is 0 Å². The Morgan fingerprint density at radius 3 is 2.21 bits per heavy atom. The lowest BCUT2D eigenvalue weighted by atomic mass is 9.89. The van der Waals surface area contributed by atoms with Gasteiger partial charge in [-0.15, -0.1) is 0 Å². The third kappa shape index (κ3) is 3.97. The number of benzene rings is 1. The van der Waals surface area contributed by atoms with Crippen LogP contribution in [0.2, 0.25) is 0 Å². The second-order valence-corrected chi connectivity index (χ2v) is 5.50. The Bertz CT molecular complexity index is 365. The molecule has 2 heteroatoms. The van der Waals surface area contributed by atoms with Gasteiger partial charge in [0.15, 0.2) is 0 Å². The van der Waals surface area contributed by atoms with Crippen LogP contribution in [0.1, 0.15) is 58.1 Å². The lowest BCUT2D eigenvalue weighted by molar-refractivity contribution is 0.302. The summed E-state index contributed by atoms with van der Waals surface area (Å²) >= 11 is 0. The van der Waals surface area contributed by atoms with Crippen LogP contribution >= 0.6 is 0 Å². The van der Waals surface area contributed by atoms with Gasteiger partial charge in [-0.3, -0.25) is 0 Å². The maximum absolute atomic E-state index is 5.81. The van der Waals surface area contributed by atoms with Gasteiger partial charge >= 0.3 is 0 Å². The topological polar surface area (TPSA) is 21.3 Å². The number of hydrogen-bond donors (Lipinski definition) is 1. The first-order valence-electron chi connectivity index (χ1n) is 7.78. The van der Waals surface area contributed by atoms with Gasteiger partial charge in [0.1, 0.15) is 5.75 Å². The zero-order chi connectivity index (χ0) is 13.7. The van der Waals surface area contributed by atoms with E-state index in [1.165, 1.54) is 31.2 Å². The van der Waals surface area contributed by atoms with Gasteiger partial charge in [0.2, 0.25) is 0 Å². The van der Waals surface area contributed by atoms with Gasteiger partial charge in [-0.2, -0.15) is 0 Å². The highest BCUT2D eigenvalue weighted by Gasteiger charge is 2.24. The number of nitrogens with one attached hydrogen (secondary N) is 1. The Balaban J connectivity index is 2.06. The molecule has 1 aliphatic carbocycles. The SMILES string of the molecule is CCNC(c1ccc(OC2CC2)cc1)C(CC)CC. The minimum Gasteiger partial charge on any atom is -0.490 e. The van der Waals surface area contributed by atoms with Crippen molar-refractivity contribution >= 4 is 0 Å². The van der Waals surface area contributed by atoms with Crippen molar-refractivity contribution < 1.29 is 4.74 Å². The summed E-state index contributed by atoms with van der Waals surface area (Å²) in [4.78, 5) is 0. The quantitative estimate of drug-likeness (QED) is 0.752. The van der Waals surface area contributed by atoms with Crippen molar-refractivity contribution in [3.8, 4) is 5.75 Å². The van der Waals surface area contributed by atoms with E-state index in [-0.39, 0.29) is 0 Å². The highest BCUT2D eigenvalue weighted by atomic mass is 16.5. The summed E-state index contributed by atoms with van der Waals surface area (Å²) in [6.07, 6.45) is 5.35. The third-order valence-corrected chi connectivity index (χ3v) is 4.01. The van der Waals surface area contributed by atoms with Gasteiger partial charge in [-0.1, -0.05) is 45.7 Å². The van der Waals surface area contributed by atoms with Crippen LogP contribution in [0.3, 0.4) is 0 Å². The fourth-order valence-corrected chi connectivity index (χ4v) is 2.67. The summed E-state index contributed by atoms with van der Waals surface area (Å²) in [5.41, 5.74) is 1.39. The zero-order valence-corrected chi connectivity index (χ0v) is 12.5. The third-order valence-electron chi connectivity index (χ3n) is 4.01. The maximum Gasteiger partial charge on any atom is 0.119 e. The van der Waals surface area contributed by atoms with Crippen molar-refractivity contribution in [2.75, 3.05) is 6.54 Å². The van der Waals surface area contributed by atoms with Crippen molar-refractivity contribution in [3.05, 3.63) is 29.8 Å². The monoisotopic (exact) mass is 261 g/mol. The average Bonchev–Trinajstić information content (AvgIpc) is 3.24. The van der Waals surface area contributed by atoms with E-state index in [4.69, 9.17) is 4.74 Å². The summed E-state index contributed by atoms with van der Waals surface area (Å²) in [5.74, 6) is 1.72. The number of hydrogen-bond acceptors (Lipinski definition) is 2. The van der Waals surface area contributed by atoms with Gasteiger partial charge in [-0.05, 0) is 43.0 Å². The lowest BCUT2D eigenvalue weighted by Crippen LogP contribution is -2.27. The Morgan fingerprint density at radius 1 is 1.11 bits per heavy atom. The fraction of sp³-hybridized carbons (Fsp3) is 0.647. The second kappa shape index (κ2) is 6.95. The molecule has 1 fully saturated rings. The van der Waals surface area contributed by atoms with Crippen molar-refractivity contribution in [2.45, 2.75) is 58.6 Å². The molecule has 1 N–H and O–H groups in total. The van der Waals surface area contributed by atoms with E-state index in [0.717, 1.165) is 12.3 Å². The molecule has 0 spiro atoms. The molecule has 1 aliphatic rings. The smallest absolute Gasteiger partial charge is 0.119 e. The van der Waals surface area contributed by atoms with Crippen LogP contribution in [0.4, 0.5) is 0 Å². The molecule has 2 rings (SSSR count). The van der Waals surface area contributed by atoms with E-state index in [9.17, 15) is 0 Å². The first-order chi connectivity index (χ1) is 9.28. The molecule has 0 aromatic heterocycles. The summed E-state index contributed by atoms with van der Waals surface area (Å²) in [7, 11) is 0. The molecule has 2 nitrogen and oxygen atoms in total. The van der Waals surface area contributed by atoms with E-state index in [2.05, 4.69) is 50.4 Å². The Kier molecular flexibility index (Phi) is 5.26. The van der Waals surface area contributed by atoms with Crippen LogP contribution in [-0.2, 0) is 0 Å². The van der Waals surface area contributed by atoms with Crippen molar-refractivity contribution in [1.29, 1.82) is 0 Å². The minimum atomic E-state index is 0.468. The molecular formula is C17H27NO. The Morgan fingerprint density at radius 2 is 1.74 bits per heavy atom. The lowest BCUT2D eigenvalue weighted by Gasteiger charge is -2.26. The van der Waals surface area contributed by atoms with Crippen molar-refractivity contribution in [2.24, 2.45) is 5.92 Å². The molecule has 0 radical (unpaired) electrons. The number of rotatable bonds is 8. The predicted octanol–water partition coefficient (Wildman–Crippen LogP) is 4.31. The summed E-state index contributed by atoms with van der Waals surface area (Å²) in [6.45, 7) is 7.76. The summed E-state index contributed by atoms with van der Waals surface area (Å²) in [5, 5.41) is 3.63. The zero-order valence-electron chi connectivity index (χ0n) is 12.5. The second-order valence-electron chi connectivity index (χ2n) is 5.50. The molecule has 1 aromatic rings. The molecule has 0 saturated heterocycles. The van der Waals surface area contributed by atoms with Crippen LogP contribution in [0.15, 0.2) is 24.3 Å². The fourth-order valence-electron chi connectivity index (χ4n) is 2.67. The van der Waals surface area contributed by atoms with E-state index in [0.29, 0.717) is 18.1 Å².